The Morgan fingerprint density at radius 3 is 2.57 bits per heavy atom. The fourth-order valence-corrected chi connectivity index (χ4v) is 2.22. The second-order valence-electron chi connectivity index (χ2n) is 5.58. The van der Waals surface area contributed by atoms with Gasteiger partial charge in [-0.05, 0) is 43.7 Å². The average molecular weight is 387 g/mol. The van der Waals surface area contributed by atoms with Crippen LogP contribution in [0.2, 0.25) is 0 Å². The Bertz CT molecular complexity index is 855. The maximum absolute atomic E-state index is 13.7. The Hall–Kier alpha value is -3.42. The number of carbonyl (C=O) groups excluding carboxylic acids is 2. The van der Waals surface area contributed by atoms with Crippen LogP contribution in [0.4, 0.5) is 4.39 Å². The molecule has 0 aliphatic carbocycles. The van der Waals surface area contributed by atoms with Gasteiger partial charge in [0.2, 0.25) is 0 Å². The smallest absolute Gasteiger partial charge is 0.329 e. The summed E-state index contributed by atoms with van der Waals surface area (Å²) in [4.78, 5) is 22.8. The maximum Gasteiger partial charge on any atom is 0.329 e. The Labute approximate surface area is 162 Å². The number of likely N-dealkylation sites (N-methyl/N-ethyl adjacent to an activating group) is 1. The molecule has 0 heterocycles. The van der Waals surface area contributed by atoms with Crippen molar-refractivity contribution in [2.45, 2.75) is 20.5 Å². The van der Waals surface area contributed by atoms with E-state index < -0.39 is 11.8 Å². The molecule has 0 aromatic heterocycles. The number of hydrazone groups is 1. The van der Waals surface area contributed by atoms with Crippen molar-refractivity contribution in [3.8, 4) is 11.5 Å². The summed E-state index contributed by atoms with van der Waals surface area (Å²) in [5.74, 6) is -1.04. The molecule has 0 radical (unpaired) electrons. The van der Waals surface area contributed by atoms with E-state index >= 15 is 0 Å². The zero-order valence-electron chi connectivity index (χ0n) is 15.7. The van der Waals surface area contributed by atoms with Crippen LogP contribution in [0.25, 0.3) is 0 Å². The lowest BCUT2D eigenvalue weighted by molar-refractivity contribution is -0.139. The summed E-state index contributed by atoms with van der Waals surface area (Å²) in [6.45, 7) is 4.35. The summed E-state index contributed by atoms with van der Waals surface area (Å²) < 4.78 is 25.0. The summed E-state index contributed by atoms with van der Waals surface area (Å²) in [7, 11) is 0. The van der Waals surface area contributed by atoms with Gasteiger partial charge in [-0.25, -0.2) is 9.82 Å². The molecule has 0 saturated carbocycles. The van der Waals surface area contributed by atoms with Gasteiger partial charge in [0.25, 0.3) is 0 Å². The molecule has 0 aliphatic heterocycles. The van der Waals surface area contributed by atoms with Crippen molar-refractivity contribution < 1.29 is 23.5 Å². The fourth-order valence-electron chi connectivity index (χ4n) is 2.22. The van der Waals surface area contributed by atoms with Gasteiger partial charge < -0.3 is 14.8 Å². The molecule has 0 unspecified atom stereocenters. The van der Waals surface area contributed by atoms with Crippen LogP contribution < -0.4 is 20.2 Å². The minimum absolute atomic E-state index is 0.0583. The Balaban J connectivity index is 2.05. The third kappa shape index (κ3) is 6.08. The summed E-state index contributed by atoms with van der Waals surface area (Å²) in [5.41, 5.74) is 3.20. The van der Waals surface area contributed by atoms with E-state index in [9.17, 15) is 14.0 Å². The van der Waals surface area contributed by atoms with Crippen LogP contribution >= 0.6 is 0 Å². The van der Waals surface area contributed by atoms with Crippen molar-refractivity contribution in [2.24, 2.45) is 5.10 Å². The normalized spacial score (nSPS) is 10.5. The molecule has 2 N–H and O–H groups in total. The van der Waals surface area contributed by atoms with Crippen LogP contribution in [0.3, 0.4) is 0 Å². The summed E-state index contributed by atoms with van der Waals surface area (Å²) in [6.07, 6.45) is 1.38. The second-order valence-corrected chi connectivity index (χ2v) is 5.58. The first kappa shape index (κ1) is 20.9. The summed E-state index contributed by atoms with van der Waals surface area (Å²) in [5, 5.41) is 6.12. The molecule has 7 nitrogen and oxygen atoms in total. The standard InChI is InChI=1S/C20H22FN3O4/c1-3-22-19(25)20(26)24-23-12-14-9-10-17(18(11-14)27-4-2)28-13-15-7-5-6-8-16(15)21/h5-12H,3-4,13H2,1-2H3,(H,22,25)(H,24,26)/b23-12-. The van der Waals surface area contributed by atoms with E-state index in [-0.39, 0.29) is 12.4 Å². The molecule has 2 aromatic carbocycles. The predicted octanol–water partition coefficient (Wildman–Crippen LogP) is 2.39. The lowest BCUT2D eigenvalue weighted by Gasteiger charge is -2.13. The Morgan fingerprint density at radius 1 is 1.07 bits per heavy atom. The molecule has 0 fully saturated rings. The van der Waals surface area contributed by atoms with Crippen LogP contribution in [-0.2, 0) is 16.2 Å². The van der Waals surface area contributed by atoms with Crippen molar-refractivity contribution in [1.29, 1.82) is 0 Å². The van der Waals surface area contributed by atoms with E-state index in [2.05, 4.69) is 15.8 Å². The quantitative estimate of drug-likeness (QED) is 0.414. The number of ether oxygens (including phenoxy) is 2. The highest BCUT2D eigenvalue weighted by molar-refractivity contribution is 6.35. The third-order valence-corrected chi connectivity index (χ3v) is 3.53. The molecule has 148 valence electrons. The third-order valence-electron chi connectivity index (χ3n) is 3.53. The number of halogens is 1. The molecule has 2 aromatic rings. The summed E-state index contributed by atoms with van der Waals surface area (Å²) in [6, 6.07) is 11.4. The first-order chi connectivity index (χ1) is 13.5. The van der Waals surface area contributed by atoms with Crippen LogP contribution in [0.5, 0.6) is 11.5 Å². The fraction of sp³-hybridized carbons (Fsp3) is 0.250. The number of benzene rings is 2. The molecule has 2 amide bonds. The molecule has 8 heteroatoms. The van der Waals surface area contributed by atoms with E-state index in [0.717, 1.165) is 0 Å². The van der Waals surface area contributed by atoms with Crippen molar-refractivity contribution in [3.05, 3.63) is 59.4 Å². The van der Waals surface area contributed by atoms with E-state index in [1.165, 1.54) is 12.3 Å². The average Bonchev–Trinajstić information content (AvgIpc) is 2.69. The number of amides is 2. The SMILES string of the molecule is CCNC(=O)C(=O)N/N=C\c1ccc(OCc2ccccc2F)c(OCC)c1. The first-order valence-corrected chi connectivity index (χ1v) is 8.79. The minimum atomic E-state index is -0.854. The monoisotopic (exact) mass is 387 g/mol. The largest absolute Gasteiger partial charge is 0.490 e. The number of rotatable bonds is 8. The zero-order chi connectivity index (χ0) is 20.4. The lowest BCUT2D eigenvalue weighted by atomic mass is 10.2. The van der Waals surface area contributed by atoms with Gasteiger partial charge in [-0.2, -0.15) is 5.10 Å². The van der Waals surface area contributed by atoms with Gasteiger partial charge in [0.15, 0.2) is 11.5 Å². The van der Waals surface area contributed by atoms with Crippen molar-refractivity contribution >= 4 is 18.0 Å². The van der Waals surface area contributed by atoms with E-state index in [1.54, 1.807) is 43.3 Å². The van der Waals surface area contributed by atoms with Crippen LogP contribution in [0.15, 0.2) is 47.6 Å². The summed E-state index contributed by atoms with van der Waals surface area (Å²) >= 11 is 0. The van der Waals surface area contributed by atoms with E-state index in [4.69, 9.17) is 9.47 Å². The molecular formula is C20H22FN3O4. The van der Waals surface area contributed by atoms with E-state index in [0.29, 0.717) is 35.8 Å². The number of nitrogens with zero attached hydrogens (tertiary/aromatic N) is 1. The van der Waals surface area contributed by atoms with Gasteiger partial charge in [-0.1, -0.05) is 18.2 Å². The van der Waals surface area contributed by atoms with Crippen LogP contribution in [0, 0.1) is 5.82 Å². The van der Waals surface area contributed by atoms with Crippen molar-refractivity contribution in [2.75, 3.05) is 13.2 Å². The lowest BCUT2D eigenvalue weighted by Crippen LogP contribution is -2.37. The predicted molar refractivity (Wildman–Crippen MR) is 103 cm³/mol. The molecule has 0 saturated heterocycles. The molecule has 0 spiro atoms. The molecule has 2 rings (SSSR count). The number of nitrogens with one attached hydrogen (secondary N) is 2. The maximum atomic E-state index is 13.7. The van der Waals surface area contributed by atoms with Crippen molar-refractivity contribution in [3.63, 3.8) is 0 Å². The van der Waals surface area contributed by atoms with E-state index in [1.807, 2.05) is 6.92 Å². The Morgan fingerprint density at radius 2 is 1.86 bits per heavy atom. The zero-order valence-corrected chi connectivity index (χ0v) is 15.7. The molecule has 0 bridgehead atoms. The van der Waals surface area contributed by atoms with Crippen LogP contribution in [-0.4, -0.2) is 31.2 Å². The van der Waals surface area contributed by atoms with Gasteiger partial charge in [0, 0.05) is 12.1 Å². The van der Waals surface area contributed by atoms with Crippen molar-refractivity contribution in [1.82, 2.24) is 10.7 Å². The molecular weight excluding hydrogens is 365 g/mol. The molecule has 28 heavy (non-hydrogen) atoms. The highest BCUT2D eigenvalue weighted by Crippen LogP contribution is 2.29. The van der Waals surface area contributed by atoms with Gasteiger partial charge in [0.05, 0.1) is 12.8 Å². The molecule has 0 aliphatic rings. The number of hydrogen-bond donors (Lipinski definition) is 2. The topological polar surface area (TPSA) is 89.0 Å². The number of hydrogen-bond acceptors (Lipinski definition) is 5. The highest BCUT2D eigenvalue weighted by Gasteiger charge is 2.11. The van der Waals surface area contributed by atoms with Gasteiger partial charge in [-0.15, -0.1) is 0 Å². The second kappa shape index (κ2) is 10.7. The van der Waals surface area contributed by atoms with Gasteiger partial charge in [0.1, 0.15) is 12.4 Å². The first-order valence-electron chi connectivity index (χ1n) is 8.79. The molecule has 0 atom stereocenters. The van der Waals surface area contributed by atoms with Gasteiger partial charge in [-0.3, -0.25) is 9.59 Å². The highest BCUT2D eigenvalue weighted by atomic mass is 19.1. The number of carbonyl (C=O) groups is 2. The Kier molecular flexibility index (Phi) is 7.95. The van der Waals surface area contributed by atoms with Gasteiger partial charge >= 0.3 is 11.8 Å². The van der Waals surface area contributed by atoms with Crippen LogP contribution in [0.1, 0.15) is 25.0 Å². The minimum Gasteiger partial charge on any atom is -0.490 e.